The van der Waals surface area contributed by atoms with Crippen LogP contribution in [-0.4, -0.2) is 43.4 Å². The van der Waals surface area contributed by atoms with Crippen LogP contribution in [0.25, 0.3) is 0 Å². The van der Waals surface area contributed by atoms with Crippen LogP contribution in [0.1, 0.15) is 17.5 Å². The topological polar surface area (TPSA) is 58.7 Å². The number of nitrogens with zero attached hydrogens (tertiary/aromatic N) is 1. The van der Waals surface area contributed by atoms with E-state index in [9.17, 15) is 0 Å². The SMILES string of the molecule is CN(CCO)CCCc1ccc(OCCc2ccccc2)c(N)c1. The summed E-state index contributed by atoms with van der Waals surface area (Å²) in [6, 6.07) is 16.3. The zero-order valence-electron chi connectivity index (χ0n) is 14.4. The van der Waals surface area contributed by atoms with E-state index in [0.29, 0.717) is 12.3 Å². The van der Waals surface area contributed by atoms with Crippen molar-refractivity contribution in [2.45, 2.75) is 19.3 Å². The first-order valence-corrected chi connectivity index (χ1v) is 8.53. The van der Waals surface area contributed by atoms with Crippen LogP contribution in [0.3, 0.4) is 0 Å². The van der Waals surface area contributed by atoms with Gasteiger partial charge in [0.05, 0.1) is 18.9 Å². The molecule has 0 fully saturated rings. The molecule has 0 aliphatic rings. The summed E-state index contributed by atoms with van der Waals surface area (Å²) in [5.41, 5.74) is 9.30. The van der Waals surface area contributed by atoms with Crippen molar-refractivity contribution in [2.24, 2.45) is 0 Å². The maximum Gasteiger partial charge on any atom is 0.142 e. The lowest BCUT2D eigenvalue weighted by Gasteiger charge is -2.15. The smallest absolute Gasteiger partial charge is 0.142 e. The number of anilines is 1. The van der Waals surface area contributed by atoms with Crippen molar-refractivity contribution in [2.75, 3.05) is 39.1 Å². The van der Waals surface area contributed by atoms with Crippen LogP contribution in [0, 0.1) is 0 Å². The van der Waals surface area contributed by atoms with Crippen molar-refractivity contribution in [1.29, 1.82) is 0 Å². The first kappa shape index (κ1) is 18.3. The summed E-state index contributed by atoms with van der Waals surface area (Å²) in [6.07, 6.45) is 2.90. The molecule has 24 heavy (non-hydrogen) atoms. The van der Waals surface area contributed by atoms with Crippen LogP contribution >= 0.6 is 0 Å². The second kappa shape index (κ2) is 9.96. The minimum Gasteiger partial charge on any atom is -0.491 e. The van der Waals surface area contributed by atoms with Crippen LogP contribution in [0.5, 0.6) is 5.75 Å². The van der Waals surface area contributed by atoms with Gasteiger partial charge in [0.15, 0.2) is 0 Å². The van der Waals surface area contributed by atoms with Crippen LogP contribution in [0.2, 0.25) is 0 Å². The summed E-state index contributed by atoms with van der Waals surface area (Å²) in [4.78, 5) is 2.13. The summed E-state index contributed by atoms with van der Waals surface area (Å²) in [6.45, 7) is 2.52. The second-order valence-corrected chi connectivity index (χ2v) is 6.09. The number of aliphatic hydroxyl groups excluding tert-OH is 1. The van der Waals surface area contributed by atoms with Gasteiger partial charge in [-0.1, -0.05) is 36.4 Å². The molecule has 0 atom stereocenters. The molecule has 0 bridgehead atoms. The molecule has 0 aromatic heterocycles. The van der Waals surface area contributed by atoms with Crippen LogP contribution in [0.4, 0.5) is 5.69 Å². The zero-order chi connectivity index (χ0) is 17.2. The Bertz CT molecular complexity index is 602. The molecule has 2 rings (SSSR count). The molecule has 4 nitrogen and oxygen atoms in total. The van der Waals surface area contributed by atoms with E-state index in [4.69, 9.17) is 15.6 Å². The minimum absolute atomic E-state index is 0.207. The van der Waals surface area contributed by atoms with Gasteiger partial charge in [0.25, 0.3) is 0 Å². The average Bonchev–Trinajstić information content (AvgIpc) is 2.58. The molecule has 0 unspecified atom stereocenters. The summed E-state index contributed by atoms with van der Waals surface area (Å²) >= 11 is 0. The highest BCUT2D eigenvalue weighted by Gasteiger charge is 2.04. The Hall–Kier alpha value is -2.04. The number of rotatable bonds is 10. The average molecular weight is 328 g/mol. The number of benzene rings is 2. The van der Waals surface area contributed by atoms with Gasteiger partial charge in [-0.15, -0.1) is 0 Å². The maximum atomic E-state index is 8.89. The monoisotopic (exact) mass is 328 g/mol. The number of likely N-dealkylation sites (N-methyl/N-ethyl adjacent to an activating group) is 1. The Kier molecular flexibility index (Phi) is 7.59. The van der Waals surface area contributed by atoms with Gasteiger partial charge in [-0.05, 0) is 49.7 Å². The molecule has 130 valence electrons. The van der Waals surface area contributed by atoms with Crippen molar-refractivity contribution in [1.82, 2.24) is 4.90 Å². The standard InChI is InChI=1S/C20H28N2O2/c1-22(13-14-23)12-5-8-18-9-10-20(19(21)16-18)24-15-11-17-6-3-2-4-7-17/h2-4,6-7,9-10,16,23H,5,8,11-15,21H2,1H3. The highest BCUT2D eigenvalue weighted by atomic mass is 16.5. The van der Waals surface area contributed by atoms with Gasteiger partial charge < -0.3 is 20.5 Å². The predicted molar refractivity (Wildman–Crippen MR) is 99.4 cm³/mol. The molecular formula is C20H28N2O2. The van der Waals surface area contributed by atoms with E-state index < -0.39 is 0 Å². The molecule has 3 N–H and O–H groups in total. The van der Waals surface area contributed by atoms with Crippen molar-refractivity contribution >= 4 is 5.69 Å². The third kappa shape index (κ3) is 6.22. The molecule has 0 saturated heterocycles. The summed E-state index contributed by atoms with van der Waals surface area (Å²) in [5.74, 6) is 0.757. The number of aryl methyl sites for hydroxylation is 1. The van der Waals surface area contributed by atoms with Crippen molar-refractivity contribution < 1.29 is 9.84 Å². The Labute approximate surface area is 144 Å². The predicted octanol–water partition coefficient (Wildman–Crippen LogP) is 2.75. The van der Waals surface area contributed by atoms with E-state index in [1.807, 2.05) is 37.4 Å². The lowest BCUT2D eigenvalue weighted by atomic mass is 10.1. The maximum absolute atomic E-state index is 8.89. The third-order valence-electron chi connectivity index (χ3n) is 4.05. The van der Waals surface area contributed by atoms with E-state index in [-0.39, 0.29) is 6.61 Å². The molecule has 0 saturated carbocycles. The van der Waals surface area contributed by atoms with E-state index in [1.165, 1.54) is 11.1 Å². The first-order valence-electron chi connectivity index (χ1n) is 8.53. The van der Waals surface area contributed by atoms with Crippen molar-refractivity contribution in [3.8, 4) is 5.75 Å². The number of aliphatic hydroxyl groups is 1. The molecule has 0 radical (unpaired) electrons. The van der Waals surface area contributed by atoms with Crippen LogP contribution in [-0.2, 0) is 12.8 Å². The number of ether oxygens (including phenoxy) is 1. The molecule has 0 aliphatic heterocycles. The molecule has 0 amide bonds. The lowest BCUT2D eigenvalue weighted by molar-refractivity contribution is 0.220. The fourth-order valence-electron chi connectivity index (χ4n) is 2.64. The fourth-order valence-corrected chi connectivity index (χ4v) is 2.64. The normalized spacial score (nSPS) is 11.0. The molecule has 0 spiro atoms. The van der Waals surface area contributed by atoms with Crippen LogP contribution in [0.15, 0.2) is 48.5 Å². The Morgan fingerprint density at radius 3 is 2.50 bits per heavy atom. The quantitative estimate of drug-likeness (QED) is 0.659. The van der Waals surface area contributed by atoms with E-state index in [0.717, 1.165) is 38.1 Å². The van der Waals surface area contributed by atoms with E-state index in [1.54, 1.807) is 0 Å². The number of hydrogen-bond donors (Lipinski definition) is 2. The lowest BCUT2D eigenvalue weighted by Crippen LogP contribution is -2.23. The number of nitrogens with two attached hydrogens (primary N) is 1. The molecule has 2 aromatic rings. The van der Waals surface area contributed by atoms with Gasteiger partial charge in [0.2, 0.25) is 0 Å². The fraction of sp³-hybridized carbons (Fsp3) is 0.400. The largest absolute Gasteiger partial charge is 0.491 e. The second-order valence-electron chi connectivity index (χ2n) is 6.09. The van der Waals surface area contributed by atoms with Gasteiger partial charge >= 0.3 is 0 Å². The van der Waals surface area contributed by atoms with E-state index in [2.05, 4.69) is 23.1 Å². The highest BCUT2D eigenvalue weighted by Crippen LogP contribution is 2.23. The van der Waals surface area contributed by atoms with Gasteiger partial charge in [0.1, 0.15) is 5.75 Å². The van der Waals surface area contributed by atoms with Crippen LogP contribution < -0.4 is 10.5 Å². The van der Waals surface area contributed by atoms with Gasteiger partial charge in [-0.2, -0.15) is 0 Å². The third-order valence-corrected chi connectivity index (χ3v) is 4.05. The molecule has 2 aromatic carbocycles. The van der Waals surface area contributed by atoms with Crippen molar-refractivity contribution in [3.63, 3.8) is 0 Å². The summed E-state index contributed by atoms with van der Waals surface area (Å²) < 4.78 is 5.81. The van der Waals surface area contributed by atoms with Crippen molar-refractivity contribution in [3.05, 3.63) is 59.7 Å². The van der Waals surface area contributed by atoms with Gasteiger partial charge in [-0.25, -0.2) is 0 Å². The molecule has 0 heterocycles. The molecule has 0 aliphatic carbocycles. The number of nitrogen functional groups attached to an aromatic ring is 1. The Morgan fingerprint density at radius 1 is 1.00 bits per heavy atom. The minimum atomic E-state index is 0.207. The Morgan fingerprint density at radius 2 is 1.79 bits per heavy atom. The highest BCUT2D eigenvalue weighted by molar-refractivity contribution is 5.54. The van der Waals surface area contributed by atoms with E-state index >= 15 is 0 Å². The first-order chi connectivity index (χ1) is 11.7. The molecule has 4 heteroatoms. The van der Waals surface area contributed by atoms with Gasteiger partial charge in [-0.3, -0.25) is 0 Å². The zero-order valence-corrected chi connectivity index (χ0v) is 14.4. The number of hydrogen-bond acceptors (Lipinski definition) is 4. The summed E-state index contributed by atoms with van der Waals surface area (Å²) in [7, 11) is 2.02. The van der Waals surface area contributed by atoms with Gasteiger partial charge in [0, 0.05) is 13.0 Å². The summed E-state index contributed by atoms with van der Waals surface area (Å²) in [5, 5.41) is 8.89. The Balaban J connectivity index is 1.77. The molecular weight excluding hydrogens is 300 g/mol.